The second-order valence-corrected chi connectivity index (χ2v) is 7.87. The lowest BCUT2D eigenvalue weighted by Crippen LogP contribution is -2.50. The number of amides is 1. The van der Waals surface area contributed by atoms with Crippen molar-refractivity contribution in [1.29, 1.82) is 0 Å². The zero-order chi connectivity index (χ0) is 18.5. The molecule has 1 amide bonds. The van der Waals surface area contributed by atoms with Crippen molar-refractivity contribution in [3.8, 4) is 0 Å². The molecular formula is C19H30N4O3. The molecule has 144 valence electrons. The third-order valence-electron chi connectivity index (χ3n) is 5.61. The van der Waals surface area contributed by atoms with E-state index in [-0.39, 0.29) is 18.5 Å². The molecule has 1 saturated heterocycles. The Kier molecular flexibility index (Phi) is 6.29. The number of aromatic amines is 1. The van der Waals surface area contributed by atoms with Crippen LogP contribution in [0.5, 0.6) is 0 Å². The van der Waals surface area contributed by atoms with Gasteiger partial charge >= 0.3 is 5.69 Å². The third-order valence-corrected chi connectivity index (χ3v) is 5.61. The van der Waals surface area contributed by atoms with Crippen molar-refractivity contribution in [3.05, 3.63) is 32.6 Å². The Morgan fingerprint density at radius 2 is 1.96 bits per heavy atom. The minimum absolute atomic E-state index is 0.0599. The number of hydrogen-bond acceptors (Lipinski definition) is 4. The predicted molar refractivity (Wildman–Crippen MR) is 100 cm³/mol. The lowest BCUT2D eigenvalue weighted by Gasteiger charge is -2.36. The lowest BCUT2D eigenvalue weighted by molar-refractivity contribution is -0.122. The molecule has 2 aliphatic rings. The fourth-order valence-electron chi connectivity index (χ4n) is 4.24. The highest BCUT2D eigenvalue weighted by atomic mass is 16.2. The van der Waals surface area contributed by atoms with Gasteiger partial charge in [-0.1, -0.05) is 19.3 Å². The zero-order valence-corrected chi connectivity index (χ0v) is 15.6. The van der Waals surface area contributed by atoms with Crippen LogP contribution in [0, 0.1) is 12.8 Å². The van der Waals surface area contributed by atoms with E-state index in [0.29, 0.717) is 5.56 Å². The molecule has 0 unspecified atom stereocenters. The highest BCUT2D eigenvalue weighted by Gasteiger charge is 2.24. The van der Waals surface area contributed by atoms with E-state index in [4.69, 9.17) is 0 Å². The number of aromatic nitrogens is 2. The molecule has 7 heteroatoms. The molecular weight excluding hydrogens is 332 g/mol. The Morgan fingerprint density at radius 3 is 2.73 bits per heavy atom. The molecule has 26 heavy (non-hydrogen) atoms. The van der Waals surface area contributed by atoms with Crippen molar-refractivity contribution in [1.82, 2.24) is 19.8 Å². The Labute approximate surface area is 153 Å². The molecule has 0 spiro atoms. The van der Waals surface area contributed by atoms with Crippen LogP contribution in [0.2, 0.25) is 0 Å². The van der Waals surface area contributed by atoms with Gasteiger partial charge in [-0.25, -0.2) is 4.79 Å². The summed E-state index contributed by atoms with van der Waals surface area (Å²) in [6.07, 6.45) is 10.3. The number of rotatable bonds is 5. The second-order valence-electron chi connectivity index (χ2n) is 7.87. The van der Waals surface area contributed by atoms with Gasteiger partial charge in [-0.2, -0.15) is 0 Å². The minimum Gasteiger partial charge on any atom is -0.351 e. The summed E-state index contributed by atoms with van der Waals surface area (Å²) in [4.78, 5) is 40.3. The SMILES string of the molecule is Cc1cn(CC(=O)N[C@@H]2CCCN(CC3CCCCC3)C2)c(=O)[nH]c1=O. The van der Waals surface area contributed by atoms with Crippen LogP contribution in [0.15, 0.2) is 15.8 Å². The van der Waals surface area contributed by atoms with Gasteiger partial charge in [0.15, 0.2) is 0 Å². The number of aryl methyl sites for hydroxylation is 1. The molecule has 2 N–H and O–H groups in total. The average molecular weight is 362 g/mol. The van der Waals surface area contributed by atoms with Gasteiger partial charge < -0.3 is 10.2 Å². The van der Waals surface area contributed by atoms with Crippen LogP contribution in [0.25, 0.3) is 0 Å². The molecule has 2 fully saturated rings. The Hall–Kier alpha value is -1.89. The summed E-state index contributed by atoms with van der Waals surface area (Å²) in [5, 5.41) is 3.06. The first-order chi connectivity index (χ1) is 12.5. The molecule has 0 aromatic carbocycles. The van der Waals surface area contributed by atoms with Crippen LogP contribution in [0.3, 0.4) is 0 Å². The van der Waals surface area contributed by atoms with Crippen molar-refractivity contribution in [2.75, 3.05) is 19.6 Å². The molecule has 3 rings (SSSR count). The topological polar surface area (TPSA) is 87.2 Å². The minimum atomic E-state index is -0.543. The van der Waals surface area contributed by atoms with Crippen molar-refractivity contribution in [3.63, 3.8) is 0 Å². The maximum absolute atomic E-state index is 12.3. The highest BCUT2D eigenvalue weighted by Crippen LogP contribution is 2.25. The summed E-state index contributed by atoms with van der Waals surface area (Å²) in [5.41, 5.74) is -0.524. The number of nitrogens with one attached hydrogen (secondary N) is 2. The molecule has 1 aliphatic heterocycles. The van der Waals surface area contributed by atoms with E-state index in [1.807, 2.05) is 0 Å². The van der Waals surface area contributed by atoms with Gasteiger partial charge in [0.2, 0.25) is 5.91 Å². The summed E-state index contributed by atoms with van der Waals surface area (Å²) >= 11 is 0. The van der Waals surface area contributed by atoms with E-state index < -0.39 is 11.2 Å². The second kappa shape index (κ2) is 8.66. The first kappa shape index (κ1) is 18.9. The van der Waals surface area contributed by atoms with E-state index in [9.17, 15) is 14.4 Å². The van der Waals surface area contributed by atoms with Gasteiger partial charge in [0.1, 0.15) is 6.54 Å². The first-order valence-electron chi connectivity index (χ1n) is 9.83. The number of carbonyl (C=O) groups is 1. The standard InChI is InChI=1S/C19H30N4O3/c1-14-10-23(19(26)21-18(14)25)13-17(24)20-16-8-5-9-22(12-16)11-15-6-3-2-4-7-15/h10,15-16H,2-9,11-13H2,1H3,(H,20,24)(H,21,25,26)/t16-/m1/s1. The maximum atomic E-state index is 12.3. The summed E-state index contributed by atoms with van der Waals surface area (Å²) in [6, 6.07) is 0.138. The maximum Gasteiger partial charge on any atom is 0.328 e. The summed E-state index contributed by atoms with van der Waals surface area (Å²) in [7, 11) is 0. The van der Waals surface area contributed by atoms with Crippen molar-refractivity contribution in [2.45, 2.75) is 64.5 Å². The van der Waals surface area contributed by atoms with Crippen LogP contribution in [0.1, 0.15) is 50.5 Å². The van der Waals surface area contributed by atoms with Gasteiger partial charge in [-0.05, 0) is 45.1 Å². The highest BCUT2D eigenvalue weighted by molar-refractivity contribution is 5.76. The van der Waals surface area contributed by atoms with E-state index in [0.717, 1.165) is 38.4 Å². The number of nitrogens with zero attached hydrogens (tertiary/aromatic N) is 2. The molecule has 1 saturated carbocycles. The van der Waals surface area contributed by atoms with Gasteiger partial charge in [0.25, 0.3) is 5.56 Å². The lowest BCUT2D eigenvalue weighted by atomic mass is 9.88. The molecule has 1 aliphatic carbocycles. The number of piperidine rings is 1. The van der Waals surface area contributed by atoms with Crippen LogP contribution in [-0.2, 0) is 11.3 Å². The van der Waals surface area contributed by atoms with Crippen LogP contribution in [-0.4, -0.2) is 46.0 Å². The largest absolute Gasteiger partial charge is 0.351 e. The van der Waals surface area contributed by atoms with Gasteiger partial charge in [-0.15, -0.1) is 0 Å². The predicted octanol–water partition coefficient (Wildman–Crippen LogP) is 1.01. The van der Waals surface area contributed by atoms with E-state index in [1.54, 1.807) is 6.92 Å². The Bertz CT molecular complexity index is 733. The summed E-state index contributed by atoms with van der Waals surface area (Å²) in [6.45, 7) is 4.71. The molecule has 1 aromatic rings. The van der Waals surface area contributed by atoms with Gasteiger partial charge in [-0.3, -0.25) is 19.1 Å². The van der Waals surface area contributed by atoms with Gasteiger partial charge in [0.05, 0.1) is 0 Å². The van der Waals surface area contributed by atoms with Gasteiger partial charge in [0, 0.05) is 30.9 Å². The van der Waals surface area contributed by atoms with Crippen molar-refractivity contribution in [2.24, 2.45) is 5.92 Å². The van der Waals surface area contributed by atoms with Crippen molar-refractivity contribution >= 4 is 5.91 Å². The quantitative estimate of drug-likeness (QED) is 0.818. The smallest absolute Gasteiger partial charge is 0.328 e. The van der Waals surface area contributed by atoms with E-state index >= 15 is 0 Å². The number of hydrogen-bond donors (Lipinski definition) is 2. The number of H-pyrrole nitrogens is 1. The number of carbonyl (C=O) groups excluding carboxylic acids is 1. The van der Waals surface area contributed by atoms with Crippen molar-refractivity contribution < 1.29 is 4.79 Å². The molecule has 1 aromatic heterocycles. The Balaban J connectivity index is 1.51. The zero-order valence-electron chi connectivity index (χ0n) is 15.6. The third kappa shape index (κ3) is 5.06. The van der Waals surface area contributed by atoms with Crippen LogP contribution >= 0.6 is 0 Å². The van der Waals surface area contributed by atoms with E-state index in [2.05, 4.69) is 15.2 Å². The number of likely N-dealkylation sites (tertiary alicyclic amines) is 1. The average Bonchev–Trinajstić information content (AvgIpc) is 2.61. The van der Waals surface area contributed by atoms with Crippen LogP contribution in [0.4, 0.5) is 0 Å². The monoisotopic (exact) mass is 362 g/mol. The molecule has 1 atom stereocenters. The molecule has 7 nitrogen and oxygen atoms in total. The molecule has 0 radical (unpaired) electrons. The van der Waals surface area contributed by atoms with E-state index in [1.165, 1.54) is 42.9 Å². The molecule has 0 bridgehead atoms. The normalized spacial score (nSPS) is 22.3. The fourth-order valence-corrected chi connectivity index (χ4v) is 4.24. The summed E-state index contributed by atoms with van der Waals surface area (Å²) in [5.74, 6) is 0.629. The Morgan fingerprint density at radius 1 is 1.19 bits per heavy atom. The first-order valence-corrected chi connectivity index (χ1v) is 9.83. The summed E-state index contributed by atoms with van der Waals surface area (Å²) < 4.78 is 1.26. The van der Waals surface area contributed by atoms with Crippen LogP contribution < -0.4 is 16.6 Å². The fraction of sp³-hybridized carbons (Fsp3) is 0.737. The molecule has 2 heterocycles.